The highest BCUT2D eigenvalue weighted by Crippen LogP contribution is 2.12. The number of pyridine rings is 1. The van der Waals surface area contributed by atoms with Crippen LogP contribution in [-0.2, 0) is 0 Å². The number of halogens is 1. The lowest BCUT2D eigenvalue weighted by Gasteiger charge is -2.14. The third-order valence-electron chi connectivity index (χ3n) is 1.97. The fourth-order valence-corrected chi connectivity index (χ4v) is 1.22. The quantitative estimate of drug-likeness (QED) is 0.751. The van der Waals surface area contributed by atoms with Crippen LogP contribution in [0.4, 0.5) is 0 Å². The van der Waals surface area contributed by atoms with Gasteiger partial charge in [-0.3, -0.25) is 0 Å². The van der Waals surface area contributed by atoms with Crippen LogP contribution < -0.4 is 5.32 Å². The lowest BCUT2D eigenvalue weighted by atomic mass is 10.1. The Hall–Kier alpha value is -0.640. The van der Waals surface area contributed by atoms with E-state index in [9.17, 15) is 0 Å². The Balaban J connectivity index is 2.52. The molecule has 0 aromatic carbocycles. The zero-order valence-corrected chi connectivity index (χ0v) is 9.12. The summed E-state index contributed by atoms with van der Waals surface area (Å²) in [6, 6.07) is 3.86. The van der Waals surface area contributed by atoms with E-state index in [0.717, 1.165) is 5.56 Å². The van der Waals surface area contributed by atoms with Crippen molar-refractivity contribution in [1.29, 1.82) is 0 Å². The molecule has 0 amide bonds. The molecule has 0 aliphatic rings. The average Bonchev–Trinajstić information content (AvgIpc) is 2.15. The molecule has 3 nitrogen and oxygen atoms in total. The number of hydrogen-bond donors (Lipinski definition) is 2. The summed E-state index contributed by atoms with van der Waals surface area (Å²) in [4.78, 5) is 3.99. The van der Waals surface area contributed by atoms with Crippen molar-refractivity contribution in [3.8, 4) is 0 Å². The van der Waals surface area contributed by atoms with Crippen molar-refractivity contribution in [2.75, 3.05) is 6.54 Å². The standard InChI is InChI=1S/C10H15ClN2O/c1-7(14)5-12-8(2)9-3-4-10(11)13-6-9/h3-4,6-8,12,14H,5H2,1-2H3/t7-,8?/m0/s1. The SMILES string of the molecule is CC(NC[C@H](C)O)c1ccc(Cl)nc1. The van der Waals surface area contributed by atoms with Gasteiger partial charge in [-0.25, -0.2) is 4.98 Å². The topological polar surface area (TPSA) is 45.1 Å². The number of nitrogens with zero attached hydrogens (tertiary/aromatic N) is 1. The Labute approximate surface area is 89.1 Å². The van der Waals surface area contributed by atoms with Gasteiger partial charge in [0.05, 0.1) is 6.10 Å². The van der Waals surface area contributed by atoms with Crippen LogP contribution >= 0.6 is 11.6 Å². The largest absolute Gasteiger partial charge is 0.392 e. The van der Waals surface area contributed by atoms with Crippen LogP contribution in [0.5, 0.6) is 0 Å². The number of hydrogen-bond acceptors (Lipinski definition) is 3. The van der Waals surface area contributed by atoms with Crippen molar-refractivity contribution in [3.63, 3.8) is 0 Å². The number of aliphatic hydroxyl groups is 1. The van der Waals surface area contributed by atoms with E-state index in [2.05, 4.69) is 10.3 Å². The van der Waals surface area contributed by atoms with Crippen LogP contribution in [0.25, 0.3) is 0 Å². The highest BCUT2D eigenvalue weighted by molar-refractivity contribution is 6.29. The number of nitrogens with one attached hydrogen (secondary N) is 1. The molecule has 1 rings (SSSR count). The lowest BCUT2D eigenvalue weighted by Crippen LogP contribution is -2.27. The summed E-state index contributed by atoms with van der Waals surface area (Å²) >= 11 is 5.67. The molecule has 0 spiro atoms. The summed E-state index contributed by atoms with van der Waals surface area (Å²) in [5.74, 6) is 0. The summed E-state index contributed by atoms with van der Waals surface area (Å²) in [5.41, 5.74) is 1.06. The predicted molar refractivity (Wildman–Crippen MR) is 57.3 cm³/mol. The Morgan fingerprint density at radius 2 is 2.21 bits per heavy atom. The Bertz CT molecular complexity index is 274. The van der Waals surface area contributed by atoms with Gasteiger partial charge in [0, 0.05) is 18.8 Å². The van der Waals surface area contributed by atoms with E-state index < -0.39 is 0 Å². The van der Waals surface area contributed by atoms with E-state index in [1.165, 1.54) is 0 Å². The molecule has 0 aliphatic heterocycles. The molecule has 1 aromatic rings. The molecule has 0 bridgehead atoms. The highest BCUT2D eigenvalue weighted by atomic mass is 35.5. The highest BCUT2D eigenvalue weighted by Gasteiger charge is 2.05. The minimum Gasteiger partial charge on any atom is -0.392 e. The number of aromatic nitrogens is 1. The van der Waals surface area contributed by atoms with Gasteiger partial charge in [-0.05, 0) is 25.5 Å². The molecule has 14 heavy (non-hydrogen) atoms. The van der Waals surface area contributed by atoms with Gasteiger partial charge in [0.2, 0.25) is 0 Å². The smallest absolute Gasteiger partial charge is 0.129 e. The monoisotopic (exact) mass is 214 g/mol. The minimum absolute atomic E-state index is 0.175. The van der Waals surface area contributed by atoms with E-state index in [4.69, 9.17) is 16.7 Å². The number of aliphatic hydroxyl groups excluding tert-OH is 1. The van der Waals surface area contributed by atoms with Gasteiger partial charge in [-0.2, -0.15) is 0 Å². The predicted octanol–water partition coefficient (Wildman–Crippen LogP) is 1.77. The second kappa shape index (κ2) is 5.29. The third-order valence-corrected chi connectivity index (χ3v) is 2.19. The van der Waals surface area contributed by atoms with Gasteiger partial charge in [-0.1, -0.05) is 17.7 Å². The van der Waals surface area contributed by atoms with E-state index in [1.54, 1.807) is 19.2 Å². The summed E-state index contributed by atoms with van der Waals surface area (Å²) in [6.07, 6.45) is 1.40. The van der Waals surface area contributed by atoms with E-state index in [1.807, 2.05) is 13.0 Å². The average molecular weight is 215 g/mol. The second-order valence-corrected chi connectivity index (χ2v) is 3.78. The molecule has 2 atom stereocenters. The van der Waals surface area contributed by atoms with Crippen LogP contribution in [0.1, 0.15) is 25.5 Å². The third kappa shape index (κ3) is 3.62. The van der Waals surface area contributed by atoms with Crippen molar-refractivity contribution < 1.29 is 5.11 Å². The first-order valence-corrected chi connectivity index (χ1v) is 5.00. The van der Waals surface area contributed by atoms with E-state index in [0.29, 0.717) is 11.7 Å². The maximum Gasteiger partial charge on any atom is 0.129 e. The molecule has 2 N–H and O–H groups in total. The molecule has 0 aliphatic carbocycles. The van der Waals surface area contributed by atoms with Crippen molar-refractivity contribution >= 4 is 11.6 Å². The fourth-order valence-electron chi connectivity index (χ4n) is 1.11. The molecule has 0 saturated heterocycles. The van der Waals surface area contributed by atoms with Gasteiger partial charge in [0.1, 0.15) is 5.15 Å². The zero-order valence-electron chi connectivity index (χ0n) is 8.37. The molecule has 1 aromatic heterocycles. The van der Waals surface area contributed by atoms with Gasteiger partial charge in [-0.15, -0.1) is 0 Å². The molecule has 0 fully saturated rings. The van der Waals surface area contributed by atoms with E-state index >= 15 is 0 Å². The summed E-state index contributed by atoms with van der Waals surface area (Å²) in [7, 11) is 0. The maximum atomic E-state index is 9.09. The van der Waals surface area contributed by atoms with Crippen LogP contribution in [0.2, 0.25) is 5.15 Å². The Kier molecular flexibility index (Phi) is 4.32. The van der Waals surface area contributed by atoms with Crippen LogP contribution in [0, 0.1) is 0 Å². The van der Waals surface area contributed by atoms with Crippen LogP contribution in [-0.4, -0.2) is 22.7 Å². The number of rotatable bonds is 4. The van der Waals surface area contributed by atoms with Crippen molar-refractivity contribution in [1.82, 2.24) is 10.3 Å². The Morgan fingerprint density at radius 3 is 2.71 bits per heavy atom. The van der Waals surface area contributed by atoms with E-state index in [-0.39, 0.29) is 12.1 Å². The zero-order chi connectivity index (χ0) is 10.6. The molecular weight excluding hydrogens is 200 g/mol. The molecule has 0 saturated carbocycles. The van der Waals surface area contributed by atoms with Crippen molar-refractivity contribution in [2.24, 2.45) is 0 Å². The van der Waals surface area contributed by atoms with Gasteiger partial charge in [0.25, 0.3) is 0 Å². The van der Waals surface area contributed by atoms with Crippen LogP contribution in [0.3, 0.4) is 0 Å². The molecular formula is C10H15ClN2O. The molecule has 0 radical (unpaired) electrons. The first kappa shape index (κ1) is 11.4. The first-order valence-electron chi connectivity index (χ1n) is 4.62. The molecule has 1 unspecified atom stereocenters. The Morgan fingerprint density at radius 1 is 1.50 bits per heavy atom. The normalized spacial score (nSPS) is 15.1. The van der Waals surface area contributed by atoms with Crippen molar-refractivity contribution in [3.05, 3.63) is 29.0 Å². The van der Waals surface area contributed by atoms with Crippen LogP contribution in [0.15, 0.2) is 18.3 Å². The first-order chi connectivity index (χ1) is 6.59. The maximum absolute atomic E-state index is 9.09. The minimum atomic E-state index is -0.335. The second-order valence-electron chi connectivity index (χ2n) is 3.39. The van der Waals surface area contributed by atoms with Gasteiger partial charge in [0.15, 0.2) is 0 Å². The lowest BCUT2D eigenvalue weighted by molar-refractivity contribution is 0.187. The molecule has 1 heterocycles. The van der Waals surface area contributed by atoms with Crippen molar-refractivity contribution in [2.45, 2.75) is 26.0 Å². The van der Waals surface area contributed by atoms with Gasteiger partial charge >= 0.3 is 0 Å². The summed E-state index contributed by atoms with van der Waals surface area (Å²) in [5, 5.41) is 12.8. The molecule has 78 valence electrons. The van der Waals surface area contributed by atoms with Gasteiger partial charge < -0.3 is 10.4 Å². The summed E-state index contributed by atoms with van der Waals surface area (Å²) < 4.78 is 0. The summed E-state index contributed by atoms with van der Waals surface area (Å²) in [6.45, 7) is 4.34. The molecule has 4 heteroatoms. The fraction of sp³-hybridized carbons (Fsp3) is 0.500.